The second kappa shape index (κ2) is 15.8. The van der Waals surface area contributed by atoms with Gasteiger partial charge < -0.3 is 9.80 Å². The third kappa shape index (κ3) is 7.89. The van der Waals surface area contributed by atoms with Gasteiger partial charge in [0.1, 0.15) is 0 Å². The molecule has 0 aromatic heterocycles. The van der Waals surface area contributed by atoms with Crippen LogP contribution in [0.4, 0.5) is 34.1 Å². The standard InChI is InChI=1S/C64H77BN2/c1-60(2,3)42-24-29-47(30-25-42)66-54-32-27-44(62(7,8)9)36-51(54)65-52-37-45(63(10,11)12)28-33-55(52)67(57-39-46(64(13,14)15)38-56(66)59(57)65)53-31-26-43(61(4,5)6)35-50(53)58-48-22-18-16-20-40(48)34-41-21-17-19-23-49(41)58/h24-39H,16-23H2,1-15H3. The molecule has 2 aliphatic carbocycles. The SMILES string of the molecule is CC(C)(C)c1ccc(N2c3ccc(C(C)(C)C)cc3B3c4cc(C(C)(C)C)ccc4N(c4ccc(C(C)(C)C)cc4-c4c5c(cc6c4CCCC6)CCCC5)c4cc(C(C)(C)C)cc2c43)cc1. The Hall–Kier alpha value is -5.02. The zero-order valence-electron chi connectivity index (χ0n) is 43.9. The molecule has 10 rings (SSSR count). The van der Waals surface area contributed by atoms with E-state index in [9.17, 15) is 0 Å². The van der Waals surface area contributed by atoms with Crippen molar-refractivity contribution < 1.29 is 0 Å². The fourth-order valence-corrected chi connectivity index (χ4v) is 11.9. The van der Waals surface area contributed by atoms with Crippen molar-refractivity contribution in [3.8, 4) is 11.1 Å². The summed E-state index contributed by atoms with van der Waals surface area (Å²) in [5, 5.41) is 0. The summed E-state index contributed by atoms with van der Waals surface area (Å²) in [5.41, 5.74) is 28.2. The number of hydrogen-bond acceptors (Lipinski definition) is 2. The number of nitrogens with zero attached hydrogens (tertiary/aromatic N) is 2. The molecule has 346 valence electrons. The molecular formula is C64H77BN2. The monoisotopic (exact) mass is 885 g/mol. The summed E-state index contributed by atoms with van der Waals surface area (Å²) in [6.07, 6.45) is 9.81. The molecule has 0 spiro atoms. The molecule has 2 heterocycles. The molecule has 0 fully saturated rings. The van der Waals surface area contributed by atoms with Crippen LogP contribution in [0.25, 0.3) is 11.1 Å². The van der Waals surface area contributed by atoms with Crippen molar-refractivity contribution in [1.29, 1.82) is 0 Å². The molecule has 0 saturated heterocycles. The van der Waals surface area contributed by atoms with E-state index in [2.05, 4.69) is 211 Å². The Kier molecular flexibility index (Phi) is 10.8. The number of fused-ring (bicyclic) bond motifs is 6. The summed E-state index contributed by atoms with van der Waals surface area (Å²) < 4.78 is 0. The topological polar surface area (TPSA) is 6.48 Å². The molecule has 0 atom stereocenters. The Morgan fingerprint density at radius 3 is 1.24 bits per heavy atom. The van der Waals surface area contributed by atoms with Crippen LogP contribution in [0.3, 0.4) is 0 Å². The van der Waals surface area contributed by atoms with Crippen LogP contribution >= 0.6 is 0 Å². The predicted molar refractivity (Wildman–Crippen MR) is 293 cm³/mol. The number of rotatable bonds is 3. The highest BCUT2D eigenvalue weighted by molar-refractivity contribution is 7.00. The van der Waals surface area contributed by atoms with Gasteiger partial charge in [-0.1, -0.05) is 152 Å². The first kappa shape index (κ1) is 45.8. The highest BCUT2D eigenvalue weighted by Gasteiger charge is 2.46. The van der Waals surface area contributed by atoms with Gasteiger partial charge in [0.15, 0.2) is 0 Å². The normalized spacial score (nSPS) is 16.0. The van der Waals surface area contributed by atoms with E-state index in [1.807, 2.05) is 0 Å². The van der Waals surface area contributed by atoms with Crippen LogP contribution in [0.15, 0.2) is 97.1 Å². The second-order valence-corrected chi connectivity index (χ2v) is 26.0. The first-order chi connectivity index (χ1) is 31.4. The van der Waals surface area contributed by atoms with Crippen molar-refractivity contribution in [2.45, 2.75) is 182 Å². The molecule has 3 heteroatoms. The van der Waals surface area contributed by atoms with Gasteiger partial charge in [-0.25, -0.2) is 0 Å². The molecule has 0 radical (unpaired) electrons. The molecule has 6 aromatic carbocycles. The van der Waals surface area contributed by atoms with Gasteiger partial charge in [0.2, 0.25) is 0 Å². The first-order valence-electron chi connectivity index (χ1n) is 25.9. The van der Waals surface area contributed by atoms with E-state index >= 15 is 0 Å². The summed E-state index contributed by atoms with van der Waals surface area (Å²) in [6, 6.07) is 39.9. The third-order valence-corrected chi connectivity index (χ3v) is 16.0. The van der Waals surface area contributed by atoms with E-state index in [4.69, 9.17) is 0 Å². The maximum Gasteiger partial charge on any atom is 0.252 e. The van der Waals surface area contributed by atoms with Crippen molar-refractivity contribution in [1.82, 2.24) is 0 Å². The van der Waals surface area contributed by atoms with E-state index < -0.39 is 0 Å². The van der Waals surface area contributed by atoms with Crippen LogP contribution < -0.4 is 26.2 Å². The second-order valence-electron chi connectivity index (χ2n) is 26.0. The highest BCUT2D eigenvalue weighted by Crippen LogP contribution is 2.51. The number of hydrogen-bond donors (Lipinski definition) is 0. The van der Waals surface area contributed by atoms with E-state index in [1.165, 1.54) is 122 Å². The Morgan fingerprint density at radius 1 is 0.358 bits per heavy atom. The minimum absolute atomic E-state index is 0.00246. The average molecular weight is 885 g/mol. The predicted octanol–water partition coefficient (Wildman–Crippen LogP) is 15.7. The van der Waals surface area contributed by atoms with Crippen LogP contribution in [0.2, 0.25) is 0 Å². The molecule has 0 amide bonds. The summed E-state index contributed by atoms with van der Waals surface area (Å²) in [4.78, 5) is 5.38. The summed E-state index contributed by atoms with van der Waals surface area (Å²) >= 11 is 0. The lowest BCUT2D eigenvalue weighted by Crippen LogP contribution is -2.62. The molecule has 0 unspecified atom stereocenters. The number of anilines is 6. The van der Waals surface area contributed by atoms with Gasteiger partial charge in [-0.15, -0.1) is 0 Å². The lowest BCUT2D eigenvalue weighted by molar-refractivity contribution is 0.589. The Bertz CT molecular complexity index is 2900. The van der Waals surface area contributed by atoms with E-state index in [-0.39, 0.29) is 33.8 Å². The molecule has 2 aliphatic heterocycles. The van der Waals surface area contributed by atoms with Crippen LogP contribution in [-0.2, 0) is 52.8 Å². The molecule has 0 N–H and O–H groups in total. The zero-order chi connectivity index (χ0) is 47.7. The van der Waals surface area contributed by atoms with Gasteiger partial charge in [-0.3, -0.25) is 0 Å². The minimum Gasteiger partial charge on any atom is -0.311 e. The first-order valence-corrected chi connectivity index (χ1v) is 25.9. The van der Waals surface area contributed by atoms with Gasteiger partial charge in [0, 0.05) is 34.0 Å². The average Bonchev–Trinajstić information content (AvgIpc) is 3.26. The van der Waals surface area contributed by atoms with Crippen LogP contribution in [0.5, 0.6) is 0 Å². The maximum absolute atomic E-state index is 2.76. The molecule has 6 aromatic rings. The molecule has 0 saturated carbocycles. The van der Waals surface area contributed by atoms with E-state index in [1.54, 1.807) is 27.8 Å². The Labute approximate surface area is 405 Å². The molecule has 0 bridgehead atoms. The smallest absolute Gasteiger partial charge is 0.252 e. The lowest BCUT2D eigenvalue weighted by atomic mass is 9.33. The summed E-state index contributed by atoms with van der Waals surface area (Å²) in [5.74, 6) is 0. The van der Waals surface area contributed by atoms with Crippen LogP contribution in [0.1, 0.15) is 180 Å². The minimum atomic E-state index is -0.0995. The number of benzene rings is 6. The van der Waals surface area contributed by atoms with Crippen molar-refractivity contribution in [2.24, 2.45) is 0 Å². The number of aryl methyl sites for hydroxylation is 2. The van der Waals surface area contributed by atoms with Crippen LogP contribution in [0, 0.1) is 0 Å². The van der Waals surface area contributed by atoms with Gasteiger partial charge in [0.05, 0.1) is 5.69 Å². The van der Waals surface area contributed by atoms with Crippen LogP contribution in [-0.4, -0.2) is 6.71 Å². The Balaban J connectivity index is 1.36. The molecule has 67 heavy (non-hydrogen) atoms. The lowest BCUT2D eigenvalue weighted by Gasteiger charge is -2.46. The largest absolute Gasteiger partial charge is 0.311 e. The summed E-state index contributed by atoms with van der Waals surface area (Å²) in [7, 11) is 0. The van der Waals surface area contributed by atoms with Gasteiger partial charge >= 0.3 is 0 Å². The van der Waals surface area contributed by atoms with Gasteiger partial charge in [-0.2, -0.15) is 0 Å². The molecular weight excluding hydrogens is 808 g/mol. The Morgan fingerprint density at radius 2 is 0.761 bits per heavy atom. The summed E-state index contributed by atoms with van der Waals surface area (Å²) in [6.45, 7) is 35.6. The van der Waals surface area contributed by atoms with Gasteiger partial charge in [0.25, 0.3) is 6.71 Å². The van der Waals surface area contributed by atoms with Gasteiger partial charge in [-0.05, 0) is 199 Å². The molecule has 2 nitrogen and oxygen atoms in total. The van der Waals surface area contributed by atoms with Crippen molar-refractivity contribution >= 4 is 57.2 Å². The fourth-order valence-electron chi connectivity index (χ4n) is 11.9. The highest BCUT2D eigenvalue weighted by atomic mass is 15.2. The van der Waals surface area contributed by atoms with Crippen molar-refractivity contribution in [3.05, 3.63) is 147 Å². The zero-order valence-corrected chi connectivity index (χ0v) is 43.9. The maximum atomic E-state index is 2.76. The van der Waals surface area contributed by atoms with Crippen molar-refractivity contribution in [3.63, 3.8) is 0 Å². The quantitative estimate of drug-likeness (QED) is 0.163. The third-order valence-electron chi connectivity index (χ3n) is 16.0. The fraction of sp³-hybridized carbons (Fsp3) is 0.438. The van der Waals surface area contributed by atoms with Crippen molar-refractivity contribution in [2.75, 3.05) is 9.80 Å². The van der Waals surface area contributed by atoms with E-state index in [0.29, 0.717) is 0 Å². The van der Waals surface area contributed by atoms with E-state index in [0.717, 1.165) is 12.8 Å². The molecule has 4 aliphatic rings.